The molecule has 34 heavy (non-hydrogen) atoms. The van der Waals surface area contributed by atoms with E-state index in [-0.39, 0.29) is 18.2 Å². The van der Waals surface area contributed by atoms with Gasteiger partial charge in [-0.05, 0) is 54.1 Å². The van der Waals surface area contributed by atoms with Gasteiger partial charge in [-0.3, -0.25) is 14.7 Å². The van der Waals surface area contributed by atoms with E-state index in [0.29, 0.717) is 28.8 Å². The molecule has 5 nitrogen and oxygen atoms in total. The lowest BCUT2D eigenvalue weighted by Crippen LogP contribution is -2.29. The van der Waals surface area contributed by atoms with Crippen molar-refractivity contribution in [2.24, 2.45) is 0 Å². The van der Waals surface area contributed by atoms with Crippen molar-refractivity contribution in [3.8, 4) is 11.5 Å². The number of carbonyl (C=O) groups excluding carboxylic acids is 1. The summed E-state index contributed by atoms with van der Waals surface area (Å²) in [6.07, 6.45) is 4.88. The van der Waals surface area contributed by atoms with Gasteiger partial charge in [0.15, 0.2) is 0 Å². The Morgan fingerprint density at radius 2 is 1.68 bits per heavy atom. The molecule has 1 heterocycles. The highest BCUT2D eigenvalue weighted by atomic mass is 35.5. The number of pyridine rings is 1. The first kappa shape index (κ1) is 23.1. The average molecular weight is 471 g/mol. The summed E-state index contributed by atoms with van der Waals surface area (Å²) in [5.41, 5.74) is 2.89. The lowest BCUT2D eigenvalue weighted by atomic mass is 10.2. The summed E-state index contributed by atoms with van der Waals surface area (Å²) in [6, 6.07) is 27.2. The molecule has 0 fully saturated rings. The molecule has 170 valence electrons. The predicted octanol–water partition coefficient (Wildman–Crippen LogP) is 6.27. The molecule has 0 spiro atoms. The maximum atomic E-state index is 13.1. The van der Waals surface area contributed by atoms with Crippen LogP contribution in [0.4, 0.5) is 5.69 Å². The van der Waals surface area contributed by atoms with Crippen molar-refractivity contribution in [1.29, 1.82) is 0 Å². The van der Waals surface area contributed by atoms with E-state index >= 15 is 0 Å². The number of nitrogens with zero attached hydrogens (tertiary/aromatic N) is 2. The third-order valence-corrected chi connectivity index (χ3v) is 5.50. The van der Waals surface area contributed by atoms with Gasteiger partial charge in [-0.15, -0.1) is 0 Å². The molecule has 1 aromatic heterocycles. The number of benzene rings is 3. The number of anilines is 1. The Hall–Kier alpha value is -4.09. The van der Waals surface area contributed by atoms with Crippen LogP contribution in [-0.4, -0.2) is 16.0 Å². The topological polar surface area (TPSA) is 62.7 Å². The van der Waals surface area contributed by atoms with Gasteiger partial charge in [0, 0.05) is 22.9 Å². The normalized spacial score (nSPS) is 10.9. The summed E-state index contributed by atoms with van der Waals surface area (Å²) in [5.74, 6) is 0.459. The monoisotopic (exact) mass is 470 g/mol. The molecule has 0 bridgehead atoms. The molecule has 0 radical (unpaired) electrons. The third-order valence-electron chi connectivity index (χ3n) is 5.14. The number of hydrogen-bond acceptors (Lipinski definition) is 4. The number of carbonyl (C=O) groups is 1. The maximum Gasteiger partial charge on any atom is 0.251 e. The molecule has 0 aliphatic rings. The predicted molar refractivity (Wildman–Crippen MR) is 135 cm³/mol. The van der Waals surface area contributed by atoms with Crippen molar-refractivity contribution in [3.63, 3.8) is 0 Å². The van der Waals surface area contributed by atoms with Gasteiger partial charge in [-0.2, -0.15) is 0 Å². The first-order valence-corrected chi connectivity index (χ1v) is 11.1. The lowest BCUT2D eigenvalue weighted by molar-refractivity contribution is -0.114. The number of phenolic OH excluding ortho intramolecular Hbond substituents is 1. The number of para-hydroxylation sites is 2. The van der Waals surface area contributed by atoms with E-state index in [2.05, 4.69) is 4.98 Å². The molecule has 1 N–H and O–H groups in total. The summed E-state index contributed by atoms with van der Waals surface area (Å²) in [7, 11) is 0. The summed E-state index contributed by atoms with van der Waals surface area (Å²) in [5, 5.41) is 11.0. The standard InChI is InChI=1S/C28H23ClN2O3/c29-25-9-2-1-7-22(25)20-34-24-15-12-21(13-16-24)14-17-28(33)31(19-23-8-5-6-18-30-23)26-10-3-4-11-27(26)32/h1-18,32H,19-20H2/b17-14+. The molecule has 4 aromatic rings. The number of aromatic hydroxyl groups is 1. The Labute approximate surface area is 203 Å². The summed E-state index contributed by atoms with van der Waals surface area (Å²) < 4.78 is 5.81. The molecule has 0 atom stereocenters. The van der Waals surface area contributed by atoms with Crippen LogP contribution < -0.4 is 9.64 Å². The van der Waals surface area contributed by atoms with E-state index in [9.17, 15) is 9.90 Å². The maximum absolute atomic E-state index is 13.1. The minimum Gasteiger partial charge on any atom is -0.506 e. The van der Waals surface area contributed by atoms with Crippen LogP contribution in [0.1, 0.15) is 16.8 Å². The van der Waals surface area contributed by atoms with Crippen LogP contribution in [0, 0.1) is 0 Å². The molecular formula is C28H23ClN2O3. The van der Waals surface area contributed by atoms with E-state index in [1.165, 1.54) is 11.0 Å². The third kappa shape index (κ3) is 6.03. The van der Waals surface area contributed by atoms with Gasteiger partial charge in [-0.25, -0.2) is 0 Å². The van der Waals surface area contributed by atoms with Crippen molar-refractivity contribution in [2.45, 2.75) is 13.2 Å². The zero-order chi connectivity index (χ0) is 23.8. The zero-order valence-electron chi connectivity index (χ0n) is 18.3. The highest BCUT2D eigenvalue weighted by Gasteiger charge is 2.17. The highest BCUT2D eigenvalue weighted by Crippen LogP contribution is 2.28. The van der Waals surface area contributed by atoms with Crippen molar-refractivity contribution >= 4 is 29.3 Å². The second-order valence-corrected chi connectivity index (χ2v) is 7.92. The molecule has 3 aromatic carbocycles. The minimum absolute atomic E-state index is 0.0280. The number of phenols is 1. The largest absolute Gasteiger partial charge is 0.506 e. The van der Waals surface area contributed by atoms with Gasteiger partial charge in [-0.1, -0.05) is 60.1 Å². The van der Waals surface area contributed by atoms with E-state index in [4.69, 9.17) is 16.3 Å². The van der Waals surface area contributed by atoms with Crippen LogP contribution >= 0.6 is 11.6 Å². The molecular weight excluding hydrogens is 448 g/mol. The van der Waals surface area contributed by atoms with Crippen LogP contribution in [0.5, 0.6) is 11.5 Å². The fourth-order valence-corrected chi connectivity index (χ4v) is 3.53. The Morgan fingerprint density at radius 1 is 0.941 bits per heavy atom. The van der Waals surface area contributed by atoms with Crippen LogP contribution in [-0.2, 0) is 17.9 Å². The molecule has 0 saturated carbocycles. The minimum atomic E-state index is -0.272. The second kappa shape index (κ2) is 11.2. The Balaban J connectivity index is 1.45. The smallest absolute Gasteiger partial charge is 0.251 e. The molecule has 0 aliphatic carbocycles. The summed E-state index contributed by atoms with van der Waals surface area (Å²) >= 11 is 6.17. The Kier molecular flexibility index (Phi) is 7.58. The van der Waals surface area contributed by atoms with Crippen molar-refractivity contribution in [3.05, 3.63) is 125 Å². The van der Waals surface area contributed by atoms with Crippen LogP contribution in [0.25, 0.3) is 6.08 Å². The van der Waals surface area contributed by atoms with Gasteiger partial charge in [0.1, 0.15) is 18.1 Å². The number of aromatic nitrogens is 1. The molecule has 4 rings (SSSR count). The molecule has 0 saturated heterocycles. The van der Waals surface area contributed by atoms with Gasteiger partial charge < -0.3 is 9.84 Å². The van der Waals surface area contributed by atoms with E-state index in [1.807, 2.05) is 66.7 Å². The molecule has 0 aliphatic heterocycles. The van der Waals surface area contributed by atoms with Gasteiger partial charge in [0.05, 0.1) is 17.9 Å². The zero-order valence-corrected chi connectivity index (χ0v) is 19.1. The lowest BCUT2D eigenvalue weighted by Gasteiger charge is -2.22. The van der Waals surface area contributed by atoms with E-state index in [1.54, 1.807) is 36.5 Å². The van der Waals surface area contributed by atoms with E-state index in [0.717, 1.165) is 11.1 Å². The summed E-state index contributed by atoms with van der Waals surface area (Å²) in [6.45, 7) is 0.604. The van der Waals surface area contributed by atoms with Crippen LogP contribution in [0.15, 0.2) is 103 Å². The molecule has 1 amide bonds. The highest BCUT2D eigenvalue weighted by molar-refractivity contribution is 6.31. The molecule has 0 unspecified atom stereocenters. The van der Waals surface area contributed by atoms with Gasteiger partial charge in [0.25, 0.3) is 5.91 Å². The number of ether oxygens (including phenoxy) is 1. The SMILES string of the molecule is O=C(/C=C/c1ccc(OCc2ccccc2Cl)cc1)N(Cc1ccccn1)c1ccccc1O. The van der Waals surface area contributed by atoms with Crippen LogP contribution in [0.2, 0.25) is 5.02 Å². The van der Waals surface area contributed by atoms with Gasteiger partial charge >= 0.3 is 0 Å². The fraction of sp³-hybridized carbons (Fsp3) is 0.0714. The first-order valence-electron chi connectivity index (χ1n) is 10.7. The second-order valence-electron chi connectivity index (χ2n) is 7.52. The average Bonchev–Trinajstić information content (AvgIpc) is 2.87. The number of rotatable bonds is 8. The van der Waals surface area contributed by atoms with Gasteiger partial charge in [0.2, 0.25) is 0 Å². The number of amides is 1. The molecule has 6 heteroatoms. The fourth-order valence-electron chi connectivity index (χ4n) is 3.34. The number of hydrogen-bond donors (Lipinski definition) is 1. The van der Waals surface area contributed by atoms with Crippen molar-refractivity contribution in [1.82, 2.24) is 4.98 Å². The Bertz CT molecular complexity index is 1270. The van der Waals surface area contributed by atoms with Crippen molar-refractivity contribution in [2.75, 3.05) is 4.90 Å². The van der Waals surface area contributed by atoms with Crippen LogP contribution in [0.3, 0.4) is 0 Å². The van der Waals surface area contributed by atoms with Crippen molar-refractivity contribution < 1.29 is 14.6 Å². The quantitative estimate of drug-likeness (QED) is 0.308. The first-order chi connectivity index (χ1) is 16.6. The Morgan fingerprint density at radius 3 is 2.41 bits per heavy atom. The van der Waals surface area contributed by atoms with E-state index < -0.39 is 0 Å². The summed E-state index contributed by atoms with van der Waals surface area (Å²) in [4.78, 5) is 18.9. The number of halogens is 1.